The summed E-state index contributed by atoms with van der Waals surface area (Å²) in [5, 5.41) is 19.6. The van der Waals surface area contributed by atoms with Crippen molar-refractivity contribution in [1.82, 2.24) is 30.8 Å². The summed E-state index contributed by atoms with van der Waals surface area (Å²) >= 11 is 0. The molecule has 1 aliphatic carbocycles. The summed E-state index contributed by atoms with van der Waals surface area (Å²) in [7, 11) is 0. The molecule has 1 unspecified atom stereocenters. The number of tetrazole rings is 1. The van der Waals surface area contributed by atoms with E-state index in [1.807, 2.05) is 35.0 Å². The van der Waals surface area contributed by atoms with E-state index in [0.29, 0.717) is 18.6 Å². The number of nitrogens with zero attached hydrogens (tertiary/aromatic N) is 4. The number of nitrogens with one attached hydrogen (secondary N) is 2. The van der Waals surface area contributed by atoms with Crippen LogP contribution in [0.5, 0.6) is 0 Å². The zero-order chi connectivity index (χ0) is 15.9. The molecule has 1 aliphatic heterocycles. The number of para-hydroxylation sites is 1. The molecule has 2 heterocycles. The van der Waals surface area contributed by atoms with E-state index in [1.165, 1.54) is 12.8 Å². The molecule has 6 nitrogen and oxygen atoms in total. The SMILES string of the molecule is CC1(C)C(NCc2nnnn2-c2ccccc2)[C@@H]2CCCN[C@@H]21. The Morgan fingerprint density at radius 2 is 2.13 bits per heavy atom. The summed E-state index contributed by atoms with van der Waals surface area (Å²) < 4.78 is 1.81. The van der Waals surface area contributed by atoms with Crippen molar-refractivity contribution in [3.63, 3.8) is 0 Å². The van der Waals surface area contributed by atoms with Gasteiger partial charge >= 0.3 is 0 Å². The van der Waals surface area contributed by atoms with Crippen LogP contribution in [0.4, 0.5) is 0 Å². The number of hydrogen-bond acceptors (Lipinski definition) is 5. The topological polar surface area (TPSA) is 67.7 Å². The third-order valence-electron chi connectivity index (χ3n) is 5.55. The molecule has 2 N–H and O–H groups in total. The zero-order valence-corrected chi connectivity index (χ0v) is 13.7. The minimum atomic E-state index is 0.274. The first kappa shape index (κ1) is 14.8. The molecule has 1 aromatic carbocycles. The highest BCUT2D eigenvalue weighted by Crippen LogP contribution is 2.48. The second-order valence-electron chi connectivity index (χ2n) is 7.26. The monoisotopic (exact) mass is 312 g/mol. The number of rotatable bonds is 4. The van der Waals surface area contributed by atoms with Gasteiger partial charge in [-0.15, -0.1) is 5.10 Å². The molecule has 2 aliphatic rings. The summed E-state index contributed by atoms with van der Waals surface area (Å²) in [5.41, 5.74) is 1.27. The van der Waals surface area contributed by atoms with Gasteiger partial charge in [-0.05, 0) is 53.3 Å². The van der Waals surface area contributed by atoms with Crippen LogP contribution in [0.15, 0.2) is 30.3 Å². The predicted octanol–water partition coefficient (Wildman–Crippen LogP) is 1.53. The van der Waals surface area contributed by atoms with Crippen molar-refractivity contribution in [1.29, 1.82) is 0 Å². The lowest BCUT2D eigenvalue weighted by Gasteiger charge is -2.61. The fraction of sp³-hybridized carbons (Fsp3) is 0.588. The summed E-state index contributed by atoms with van der Waals surface area (Å²) in [6.07, 6.45) is 2.58. The van der Waals surface area contributed by atoms with Gasteiger partial charge in [-0.25, -0.2) is 0 Å². The zero-order valence-electron chi connectivity index (χ0n) is 13.7. The third kappa shape index (κ3) is 2.46. The molecule has 122 valence electrons. The van der Waals surface area contributed by atoms with Gasteiger partial charge in [-0.1, -0.05) is 32.0 Å². The van der Waals surface area contributed by atoms with Crippen LogP contribution in [-0.2, 0) is 6.54 Å². The highest BCUT2D eigenvalue weighted by Gasteiger charge is 2.56. The summed E-state index contributed by atoms with van der Waals surface area (Å²) in [4.78, 5) is 0. The van der Waals surface area contributed by atoms with Gasteiger partial charge in [0.15, 0.2) is 5.82 Å². The average molecular weight is 312 g/mol. The number of aromatic nitrogens is 4. The molecule has 0 spiro atoms. The van der Waals surface area contributed by atoms with Gasteiger partial charge in [0, 0.05) is 12.1 Å². The quantitative estimate of drug-likeness (QED) is 0.896. The van der Waals surface area contributed by atoms with Crippen LogP contribution >= 0.6 is 0 Å². The van der Waals surface area contributed by atoms with Gasteiger partial charge < -0.3 is 10.6 Å². The van der Waals surface area contributed by atoms with E-state index in [1.54, 1.807) is 0 Å². The van der Waals surface area contributed by atoms with E-state index >= 15 is 0 Å². The van der Waals surface area contributed by atoms with Gasteiger partial charge in [0.1, 0.15) is 0 Å². The lowest BCUT2D eigenvalue weighted by Crippen LogP contribution is -2.73. The lowest BCUT2D eigenvalue weighted by molar-refractivity contribution is -0.0483. The third-order valence-corrected chi connectivity index (χ3v) is 5.55. The Labute approximate surface area is 136 Å². The summed E-state index contributed by atoms with van der Waals surface area (Å²) in [6, 6.07) is 11.2. The van der Waals surface area contributed by atoms with Gasteiger partial charge in [0.25, 0.3) is 0 Å². The van der Waals surface area contributed by atoms with Gasteiger partial charge in [-0.2, -0.15) is 4.68 Å². The summed E-state index contributed by atoms with van der Waals surface area (Å²) in [6.45, 7) is 6.55. The smallest absolute Gasteiger partial charge is 0.170 e. The molecule has 1 saturated heterocycles. The summed E-state index contributed by atoms with van der Waals surface area (Å²) in [5.74, 6) is 1.58. The molecule has 1 saturated carbocycles. The van der Waals surface area contributed by atoms with Crippen molar-refractivity contribution >= 4 is 0 Å². The Hall–Kier alpha value is -1.79. The van der Waals surface area contributed by atoms with E-state index in [4.69, 9.17) is 0 Å². The maximum absolute atomic E-state index is 4.20. The van der Waals surface area contributed by atoms with Gasteiger partial charge in [0.2, 0.25) is 0 Å². The largest absolute Gasteiger partial charge is 0.313 e. The first-order chi connectivity index (χ1) is 11.2. The van der Waals surface area contributed by atoms with E-state index in [-0.39, 0.29) is 5.41 Å². The van der Waals surface area contributed by atoms with Crippen LogP contribution in [0.3, 0.4) is 0 Å². The standard InChI is InChI=1S/C17H24N6/c1-17(2)15-13(9-6-10-18-15)16(17)19-11-14-20-21-22-23(14)12-7-4-3-5-8-12/h3-5,7-8,13,15-16,18-19H,6,9-11H2,1-2H3/t13-,15+,16?/m1/s1. The van der Waals surface area contributed by atoms with E-state index in [2.05, 4.69) is 40.0 Å². The molecule has 4 rings (SSSR count). The van der Waals surface area contributed by atoms with Crippen LogP contribution in [0.25, 0.3) is 5.69 Å². The predicted molar refractivity (Wildman–Crippen MR) is 88.1 cm³/mol. The lowest BCUT2D eigenvalue weighted by atomic mass is 9.53. The Morgan fingerprint density at radius 3 is 2.96 bits per heavy atom. The Bertz CT molecular complexity index is 665. The van der Waals surface area contributed by atoms with Crippen LogP contribution in [-0.4, -0.2) is 38.8 Å². The Morgan fingerprint density at radius 1 is 1.30 bits per heavy atom. The molecule has 0 amide bonds. The van der Waals surface area contributed by atoms with Crippen molar-refractivity contribution in [3.05, 3.63) is 36.2 Å². The molecule has 6 heteroatoms. The number of fused-ring (bicyclic) bond motifs is 1. The van der Waals surface area contributed by atoms with Crippen molar-refractivity contribution in [2.75, 3.05) is 6.54 Å². The van der Waals surface area contributed by atoms with E-state index < -0.39 is 0 Å². The van der Waals surface area contributed by atoms with E-state index in [0.717, 1.165) is 24.0 Å². The molecular weight excluding hydrogens is 288 g/mol. The Balaban J connectivity index is 1.47. The maximum atomic E-state index is 4.20. The van der Waals surface area contributed by atoms with Gasteiger partial charge in [0.05, 0.1) is 12.2 Å². The second kappa shape index (κ2) is 5.69. The van der Waals surface area contributed by atoms with Crippen LogP contribution in [0.2, 0.25) is 0 Å². The first-order valence-electron chi connectivity index (χ1n) is 8.47. The number of benzene rings is 1. The minimum absolute atomic E-state index is 0.274. The molecule has 3 atom stereocenters. The number of hydrogen-bond donors (Lipinski definition) is 2. The highest BCUT2D eigenvalue weighted by molar-refractivity contribution is 5.30. The van der Waals surface area contributed by atoms with Crippen molar-refractivity contribution in [3.8, 4) is 5.69 Å². The van der Waals surface area contributed by atoms with Crippen LogP contribution < -0.4 is 10.6 Å². The van der Waals surface area contributed by atoms with Crippen LogP contribution in [0, 0.1) is 11.3 Å². The first-order valence-corrected chi connectivity index (χ1v) is 8.47. The average Bonchev–Trinajstić information content (AvgIpc) is 3.04. The fourth-order valence-corrected chi connectivity index (χ4v) is 4.42. The van der Waals surface area contributed by atoms with Crippen molar-refractivity contribution in [2.45, 2.75) is 45.3 Å². The molecule has 2 fully saturated rings. The maximum Gasteiger partial charge on any atom is 0.170 e. The number of piperidine rings is 1. The van der Waals surface area contributed by atoms with Crippen LogP contribution in [0.1, 0.15) is 32.5 Å². The normalized spacial score (nSPS) is 28.9. The molecule has 1 aromatic heterocycles. The molecule has 0 radical (unpaired) electrons. The molecule has 0 bridgehead atoms. The van der Waals surface area contributed by atoms with E-state index in [9.17, 15) is 0 Å². The van der Waals surface area contributed by atoms with Crippen molar-refractivity contribution in [2.24, 2.45) is 11.3 Å². The molecular formula is C17H24N6. The highest BCUT2D eigenvalue weighted by atomic mass is 15.5. The van der Waals surface area contributed by atoms with Crippen molar-refractivity contribution < 1.29 is 0 Å². The van der Waals surface area contributed by atoms with Gasteiger partial charge in [-0.3, -0.25) is 0 Å². The molecule has 2 aromatic rings. The second-order valence-corrected chi connectivity index (χ2v) is 7.26. The minimum Gasteiger partial charge on any atom is -0.313 e. The molecule has 23 heavy (non-hydrogen) atoms. The Kier molecular flexibility index (Phi) is 3.66. The fourth-order valence-electron chi connectivity index (χ4n) is 4.42.